The Labute approximate surface area is 153 Å². The smallest absolute Gasteiger partial charge is 0.416 e. The van der Waals surface area contributed by atoms with Crippen LogP contribution in [-0.4, -0.2) is 17.4 Å². The zero-order chi connectivity index (χ0) is 19.3. The standard InChI is InChI=1S/C15H11BrF3N3O4/c16-10-2-4-11(5-3-10)26-8-14(23)21-20-12-6-1-9(15(17,18)19)7-13(12)22(24)25/h1-7,20H,8H2,(H,21,23). The molecule has 138 valence electrons. The van der Waals surface area contributed by atoms with E-state index in [0.29, 0.717) is 17.9 Å². The van der Waals surface area contributed by atoms with Crippen molar-refractivity contribution in [1.82, 2.24) is 5.43 Å². The number of amides is 1. The Morgan fingerprint density at radius 2 is 1.85 bits per heavy atom. The average molecular weight is 434 g/mol. The van der Waals surface area contributed by atoms with Crippen LogP contribution in [0.3, 0.4) is 0 Å². The summed E-state index contributed by atoms with van der Waals surface area (Å²) in [6.07, 6.45) is -4.72. The van der Waals surface area contributed by atoms with Gasteiger partial charge in [0.05, 0.1) is 10.5 Å². The van der Waals surface area contributed by atoms with E-state index in [9.17, 15) is 28.1 Å². The number of halogens is 4. The van der Waals surface area contributed by atoms with E-state index in [4.69, 9.17) is 4.74 Å². The lowest BCUT2D eigenvalue weighted by molar-refractivity contribution is -0.384. The first kappa shape index (κ1) is 19.5. The molecule has 0 unspecified atom stereocenters. The molecule has 2 rings (SSSR count). The molecule has 1 amide bonds. The fourth-order valence-corrected chi connectivity index (χ4v) is 2.08. The summed E-state index contributed by atoms with van der Waals surface area (Å²) in [4.78, 5) is 21.7. The fraction of sp³-hybridized carbons (Fsp3) is 0.133. The Morgan fingerprint density at radius 1 is 1.19 bits per heavy atom. The fourth-order valence-electron chi connectivity index (χ4n) is 1.82. The number of benzene rings is 2. The third-order valence-corrected chi connectivity index (χ3v) is 3.57. The van der Waals surface area contributed by atoms with Gasteiger partial charge in [-0.1, -0.05) is 15.9 Å². The molecular weight excluding hydrogens is 423 g/mol. The van der Waals surface area contributed by atoms with Crippen LogP contribution in [0.2, 0.25) is 0 Å². The molecule has 26 heavy (non-hydrogen) atoms. The number of hydrogen-bond donors (Lipinski definition) is 2. The molecule has 0 spiro atoms. The van der Waals surface area contributed by atoms with E-state index in [1.165, 1.54) is 0 Å². The number of hydrogen-bond acceptors (Lipinski definition) is 5. The van der Waals surface area contributed by atoms with E-state index in [-0.39, 0.29) is 5.69 Å². The number of nitro groups is 1. The zero-order valence-electron chi connectivity index (χ0n) is 12.8. The van der Waals surface area contributed by atoms with Gasteiger partial charge in [0, 0.05) is 10.5 Å². The first-order chi connectivity index (χ1) is 12.2. The van der Waals surface area contributed by atoms with E-state index in [2.05, 4.69) is 26.8 Å². The van der Waals surface area contributed by atoms with Gasteiger partial charge in [0.2, 0.25) is 0 Å². The molecular formula is C15H11BrF3N3O4. The Bertz CT molecular complexity index is 813. The number of rotatable bonds is 6. The highest BCUT2D eigenvalue weighted by Crippen LogP contribution is 2.34. The molecule has 0 saturated heterocycles. The summed E-state index contributed by atoms with van der Waals surface area (Å²) in [6, 6.07) is 8.55. The molecule has 0 bridgehead atoms. The molecule has 0 radical (unpaired) electrons. The monoisotopic (exact) mass is 433 g/mol. The molecule has 7 nitrogen and oxygen atoms in total. The van der Waals surface area contributed by atoms with Crippen molar-refractivity contribution in [1.29, 1.82) is 0 Å². The van der Waals surface area contributed by atoms with Gasteiger partial charge in [-0.05, 0) is 36.4 Å². The summed E-state index contributed by atoms with van der Waals surface area (Å²) in [7, 11) is 0. The summed E-state index contributed by atoms with van der Waals surface area (Å²) in [6.45, 7) is -0.400. The number of nitrogens with zero attached hydrogens (tertiary/aromatic N) is 1. The number of nitro benzene ring substituents is 1. The Morgan fingerprint density at radius 3 is 2.42 bits per heavy atom. The zero-order valence-corrected chi connectivity index (χ0v) is 14.4. The summed E-state index contributed by atoms with van der Waals surface area (Å²) in [5, 5.41) is 10.9. The van der Waals surface area contributed by atoms with Crippen molar-refractivity contribution in [2.24, 2.45) is 0 Å². The van der Waals surface area contributed by atoms with Crippen LogP contribution in [0, 0.1) is 10.1 Å². The highest BCUT2D eigenvalue weighted by atomic mass is 79.9. The Kier molecular flexibility index (Phi) is 6.03. The maximum absolute atomic E-state index is 12.6. The van der Waals surface area contributed by atoms with Gasteiger partial charge < -0.3 is 4.74 Å². The van der Waals surface area contributed by atoms with Gasteiger partial charge >= 0.3 is 6.18 Å². The van der Waals surface area contributed by atoms with Crippen molar-refractivity contribution in [3.63, 3.8) is 0 Å². The predicted octanol–water partition coefficient (Wildman–Crippen LogP) is 3.90. The number of carbonyl (C=O) groups is 1. The number of alkyl halides is 3. The lowest BCUT2D eigenvalue weighted by Gasteiger charge is -2.12. The first-order valence-electron chi connectivity index (χ1n) is 6.95. The van der Waals surface area contributed by atoms with Gasteiger partial charge in [-0.25, -0.2) is 0 Å². The number of ether oxygens (including phenoxy) is 1. The molecule has 0 aliphatic carbocycles. The highest BCUT2D eigenvalue weighted by Gasteiger charge is 2.33. The third-order valence-electron chi connectivity index (χ3n) is 3.04. The molecule has 0 heterocycles. The largest absolute Gasteiger partial charge is 0.484 e. The van der Waals surface area contributed by atoms with Crippen molar-refractivity contribution in [2.45, 2.75) is 6.18 Å². The summed E-state index contributed by atoms with van der Waals surface area (Å²) in [5.74, 6) is -0.258. The van der Waals surface area contributed by atoms with Crippen molar-refractivity contribution < 1.29 is 27.6 Å². The molecule has 11 heteroatoms. The van der Waals surface area contributed by atoms with Crippen molar-refractivity contribution in [2.75, 3.05) is 12.0 Å². The highest BCUT2D eigenvalue weighted by molar-refractivity contribution is 9.10. The minimum atomic E-state index is -4.72. The van der Waals surface area contributed by atoms with Gasteiger partial charge in [-0.15, -0.1) is 0 Å². The van der Waals surface area contributed by atoms with Gasteiger partial charge in [-0.3, -0.25) is 25.8 Å². The van der Waals surface area contributed by atoms with Gasteiger partial charge in [-0.2, -0.15) is 13.2 Å². The molecule has 0 fully saturated rings. The van der Waals surface area contributed by atoms with Gasteiger partial charge in [0.25, 0.3) is 11.6 Å². The van der Waals surface area contributed by atoms with Crippen LogP contribution < -0.4 is 15.6 Å². The Balaban J connectivity index is 1.98. The quantitative estimate of drug-likeness (QED) is 0.532. The minimum Gasteiger partial charge on any atom is -0.484 e. The van der Waals surface area contributed by atoms with Crippen molar-refractivity contribution >= 4 is 33.2 Å². The van der Waals surface area contributed by atoms with E-state index in [1.807, 2.05) is 0 Å². The number of nitrogens with one attached hydrogen (secondary N) is 2. The summed E-state index contributed by atoms with van der Waals surface area (Å²) >= 11 is 3.24. The van der Waals surface area contributed by atoms with Crippen LogP contribution in [0.25, 0.3) is 0 Å². The second kappa shape index (κ2) is 8.04. The van der Waals surface area contributed by atoms with Crippen LogP contribution >= 0.6 is 15.9 Å². The Hall–Kier alpha value is -2.82. The molecule has 2 N–H and O–H groups in total. The van der Waals surface area contributed by atoms with Crippen molar-refractivity contribution in [3.05, 3.63) is 62.6 Å². The normalized spacial score (nSPS) is 10.9. The molecule has 0 aromatic heterocycles. The van der Waals surface area contributed by atoms with E-state index in [1.54, 1.807) is 24.3 Å². The third kappa shape index (κ3) is 5.34. The maximum Gasteiger partial charge on any atom is 0.416 e. The number of hydrazine groups is 1. The molecule has 0 saturated carbocycles. The second-order valence-electron chi connectivity index (χ2n) is 4.90. The average Bonchev–Trinajstić information content (AvgIpc) is 2.58. The molecule has 0 aliphatic rings. The summed E-state index contributed by atoms with van der Waals surface area (Å²) < 4.78 is 43.9. The van der Waals surface area contributed by atoms with E-state index < -0.39 is 34.9 Å². The van der Waals surface area contributed by atoms with Gasteiger partial charge in [0.1, 0.15) is 11.4 Å². The lowest BCUT2D eigenvalue weighted by Crippen LogP contribution is -2.33. The van der Waals surface area contributed by atoms with E-state index in [0.717, 1.165) is 10.5 Å². The van der Waals surface area contributed by atoms with E-state index >= 15 is 0 Å². The SMILES string of the molecule is O=C(COc1ccc(Br)cc1)NNc1ccc(C(F)(F)F)cc1[N+](=O)[O-]. The maximum atomic E-state index is 12.6. The molecule has 2 aromatic carbocycles. The first-order valence-corrected chi connectivity index (χ1v) is 7.75. The number of anilines is 1. The van der Waals surface area contributed by atoms with Crippen LogP contribution in [0.1, 0.15) is 5.56 Å². The minimum absolute atomic E-state index is 0.292. The topological polar surface area (TPSA) is 93.5 Å². The van der Waals surface area contributed by atoms with Crippen LogP contribution in [0.4, 0.5) is 24.5 Å². The summed E-state index contributed by atoms with van der Waals surface area (Å²) in [5.41, 5.74) is 2.06. The molecule has 0 aliphatic heterocycles. The van der Waals surface area contributed by atoms with Crippen LogP contribution in [-0.2, 0) is 11.0 Å². The lowest BCUT2D eigenvalue weighted by atomic mass is 10.1. The predicted molar refractivity (Wildman–Crippen MR) is 89.5 cm³/mol. The molecule has 0 atom stereocenters. The van der Waals surface area contributed by atoms with Crippen LogP contribution in [0.5, 0.6) is 5.75 Å². The number of carbonyl (C=O) groups excluding carboxylic acids is 1. The van der Waals surface area contributed by atoms with Crippen molar-refractivity contribution in [3.8, 4) is 5.75 Å². The van der Waals surface area contributed by atoms with Crippen LogP contribution in [0.15, 0.2) is 46.9 Å². The molecule has 2 aromatic rings. The van der Waals surface area contributed by atoms with Gasteiger partial charge in [0.15, 0.2) is 6.61 Å². The second-order valence-corrected chi connectivity index (χ2v) is 5.82.